The molecule has 3 aromatic rings. The van der Waals surface area contributed by atoms with Crippen LogP contribution in [0.2, 0.25) is 0 Å². The molecule has 8 heteroatoms. The van der Waals surface area contributed by atoms with Crippen LogP contribution in [0.4, 0.5) is 11.4 Å². The molecule has 35 heavy (non-hydrogen) atoms. The molecule has 0 saturated heterocycles. The first kappa shape index (κ1) is 23.5. The summed E-state index contributed by atoms with van der Waals surface area (Å²) in [5.41, 5.74) is 8.19. The van der Waals surface area contributed by atoms with Gasteiger partial charge in [0.15, 0.2) is 0 Å². The molecule has 1 atom stereocenters. The van der Waals surface area contributed by atoms with E-state index >= 15 is 0 Å². The number of hydrogen-bond acceptors (Lipinski definition) is 5. The molecule has 182 valence electrons. The van der Waals surface area contributed by atoms with Gasteiger partial charge in [0.25, 0.3) is 5.91 Å². The zero-order valence-electron chi connectivity index (χ0n) is 19.8. The van der Waals surface area contributed by atoms with Gasteiger partial charge < -0.3 is 24.4 Å². The smallest absolute Gasteiger partial charge is 0.251 e. The highest BCUT2D eigenvalue weighted by atomic mass is 32.2. The Morgan fingerprint density at radius 2 is 1.74 bits per heavy atom. The third-order valence-electron chi connectivity index (χ3n) is 6.73. The number of anilines is 2. The van der Waals surface area contributed by atoms with Crippen molar-refractivity contribution >= 4 is 28.5 Å². The lowest BCUT2D eigenvalue weighted by Crippen LogP contribution is -2.26. The van der Waals surface area contributed by atoms with E-state index in [1.807, 2.05) is 12.1 Å². The molecule has 0 spiro atoms. The molecule has 0 bridgehead atoms. The molecule has 0 saturated carbocycles. The number of benzene rings is 3. The van der Waals surface area contributed by atoms with Crippen molar-refractivity contribution < 1.29 is 13.6 Å². The first-order chi connectivity index (χ1) is 17.0. The minimum Gasteiger partial charge on any atom is -0.755 e. The lowest BCUT2D eigenvalue weighted by molar-refractivity contribution is 0.0951. The molecule has 2 aliphatic heterocycles. The largest absolute Gasteiger partial charge is 0.755 e. The Hall–Kier alpha value is -3.20. The van der Waals surface area contributed by atoms with E-state index in [1.54, 1.807) is 18.2 Å². The summed E-state index contributed by atoms with van der Waals surface area (Å²) in [7, 11) is 2.16. The van der Waals surface area contributed by atoms with Crippen LogP contribution < -0.4 is 14.9 Å². The molecule has 1 amide bonds. The molecule has 2 aliphatic rings. The number of likely N-dealkylation sites (N-methyl/N-ethyl adjacent to an activating group) is 1. The number of carbonyl (C=O) groups is 1. The number of nitrogens with zero attached hydrogens (tertiary/aromatic N) is 2. The summed E-state index contributed by atoms with van der Waals surface area (Å²) >= 11 is -2.29. The standard InChI is InChI=1S/C27H30N4O3S/c1-30-11-9-21-5-7-25(15-24(21)18-30)28-16-19-3-2-4-20(13-19)17-29-27(32)23-6-8-26-22(14-23)10-12-31(26)35(33)34/h2-8,13-15,28H,9-12,16-18H2,1H3,(H,29,32)(H,33,34)/p-1. The first-order valence-electron chi connectivity index (χ1n) is 11.9. The SMILES string of the molecule is CN1CCc2ccc(NCc3cccc(CNC(=O)c4ccc5c(c4)CCN5S(=O)[O-])c3)cc2C1. The van der Waals surface area contributed by atoms with Crippen LogP contribution in [0.15, 0.2) is 60.7 Å². The maximum Gasteiger partial charge on any atom is 0.251 e. The fourth-order valence-electron chi connectivity index (χ4n) is 4.81. The van der Waals surface area contributed by atoms with Gasteiger partial charge in [-0.3, -0.25) is 9.00 Å². The predicted octanol–water partition coefficient (Wildman–Crippen LogP) is 3.37. The highest BCUT2D eigenvalue weighted by Crippen LogP contribution is 2.29. The molecule has 0 aromatic heterocycles. The van der Waals surface area contributed by atoms with Gasteiger partial charge in [-0.05, 0) is 78.0 Å². The quantitative estimate of drug-likeness (QED) is 0.497. The monoisotopic (exact) mass is 489 g/mol. The van der Waals surface area contributed by atoms with E-state index in [9.17, 15) is 13.6 Å². The fraction of sp³-hybridized carbons (Fsp3) is 0.296. The Balaban J connectivity index is 1.18. The second-order valence-electron chi connectivity index (χ2n) is 9.24. The summed E-state index contributed by atoms with van der Waals surface area (Å²) < 4.78 is 23.9. The zero-order chi connectivity index (χ0) is 24.4. The number of rotatable bonds is 7. The van der Waals surface area contributed by atoms with Crippen LogP contribution in [0.1, 0.15) is 38.2 Å². The summed E-state index contributed by atoms with van der Waals surface area (Å²) in [6.45, 7) is 3.64. The number of hydrogen-bond donors (Lipinski definition) is 2. The summed E-state index contributed by atoms with van der Waals surface area (Å²) in [4.78, 5) is 15.1. The molecule has 2 heterocycles. The van der Waals surface area contributed by atoms with Crippen molar-refractivity contribution in [3.8, 4) is 0 Å². The first-order valence-corrected chi connectivity index (χ1v) is 12.9. The molecular weight excluding hydrogens is 460 g/mol. The lowest BCUT2D eigenvalue weighted by Gasteiger charge is -2.25. The van der Waals surface area contributed by atoms with Crippen LogP contribution in [0.3, 0.4) is 0 Å². The van der Waals surface area contributed by atoms with Crippen LogP contribution in [0.5, 0.6) is 0 Å². The van der Waals surface area contributed by atoms with Crippen LogP contribution in [0, 0.1) is 0 Å². The predicted molar refractivity (Wildman–Crippen MR) is 138 cm³/mol. The molecule has 1 unspecified atom stereocenters. The third-order valence-corrected chi connectivity index (χ3v) is 7.46. The molecule has 5 rings (SSSR count). The second-order valence-corrected chi connectivity index (χ2v) is 10.1. The van der Waals surface area contributed by atoms with Gasteiger partial charge in [-0.15, -0.1) is 0 Å². The summed E-state index contributed by atoms with van der Waals surface area (Å²) in [6, 6.07) is 20.0. The molecule has 0 radical (unpaired) electrons. The zero-order valence-corrected chi connectivity index (χ0v) is 20.6. The average molecular weight is 490 g/mol. The number of amides is 1. The van der Waals surface area contributed by atoms with Crippen molar-refractivity contribution in [2.75, 3.05) is 29.8 Å². The van der Waals surface area contributed by atoms with Gasteiger partial charge in [-0.2, -0.15) is 0 Å². The Kier molecular flexibility index (Phi) is 6.86. The van der Waals surface area contributed by atoms with Gasteiger partial charge >= 0.3 is 0 Å². The molecule has 7 nitrogen and oxygen atoms in total. The van der Waals surface area contributed by atoms with Crippen molar-refractivity contribution in [3.05, 3.63) is 94.0 Å². The van der Waals surface area contributed by atoms with E-state index in [0.717, 1.165) is 41.9 Å². The molecule has 2 N–H and O–H groups in total. The van der Waals surface area contributed by atoms with Crippen molar-refractivity contribution in [2.24, 2.45) is 0 Å². The fourth-order valence-corrected chi connectivity index (χ4v) is 5.39. The average Bonchev–Trinajstić information content (AvgIpc) is 3.30. The third kappa shape index (κ3) is 5.40. The van der Waals surface area contributed by atoms with Crippen LogP contribution >= 0.6 is 0 Å². The second kappa shape index (κ2) is 10.2. The minimum atomic E-state index is -2.29. The van der Waals surface area contributed by atoms with Crippen LogP contribution in [0.25, 0.3) is 0 Å². The maximum atomic E-state index is 12.7. The van der Waals surface area contributed by atoms with Gasteiger partial charge in [0.2, 0.25) is 0 Å². The topological polar surface area (TPSA) is 87.7 Å². The number of carbonyl (C=O) groups excluding carboxylic acids is 1. The van der Waals surface area contributed by atoms with Gasteiger partial charge in [-0.25, -0.2) is 0 Å². The van der Waals surface area contributed by atoms with E-state index in [4.69, 9.17) is 0 Å². The Morgan fingerprint density at radius 1 is 0.943 bits per heavy atom. The molecule has 0 fully saturated rings. The molecule has 0 aliphatic carbocycles. The maximum absolute atomic E-state index is 12.7. The van der Waals surface area contributed by atoms with E-state index in [2.05, 4.69) is 52.9 Å². The summed E-state index contributed by atoms with van der Waals surface area (Å²) in [5, 5.41) is 6.51. The Morgan fingerprint density at radius 3 is 2.57 bits per heavy atom. The van der Waals surface area contributed by atoms with Crippen LogP contribution in [-0.2, 0) is 43.7 Å². The Labute approximate surface area is 208 Å². The normalized spacial score (nSPS) is 15.9. The van der Waals surface area contributed by atoms with Crippen LogP contribution in [-0.4, -0.2) is 39.7 Å². The summed E-state index contributed by atoms with van der Waals surface area (Å²) in [6.07, 6.45) is 1.71. The summed E-state index contributed by atoms with van der Waals surface area (Å²) in [5.74, 6) is -0.169. The number of nitrogens with one attached hydrogen (secondary N) is 2. The van der Waals surface area contributed by atoms with Crippen molar-refractivity contribution in [3.63, 3.8) is 0 Å². The van der Waals surface area contributed by atoms with Gasteiger partial charge in [0.1, 0.15) is 0 Å². The van der Waals surface area contributed by atoms with E-state index in [-0.39, 0.29) is 5.91 Å². The molecule has 3 aromatic carbocycles. The van der Waals surface area contributed by atoms with Crippen molar-refractivity contribution in [2.45, 2.75) is 32.5 Å². The molecular formula is C27H29N4O3S-. The lowest BCUT2D eigenvalue weighted by atomic mass is 9.99. The highest BCUT2D eigenvalue weighted by molar-refractivity contribution is 7.80. The van der Waals surface area contributed by atoms with Gasteiger partial charge in [0, 0.05) is 55.2 Å². The van der Waals surface area contributed by atoms with Gasteiger partial charge in [-0.1, -0.05) is 30.3 Å². The van der Waals surface area contributed by atoms with E-state index in [1.165, 1.54) is 15.4 Å². The van der Waals surface area contributed by atoms with E-state index < -0.39 is 11.3 Å². The Bertz CT molecular complexity index is 1280. The van der Waals surface area contributed by atoms with Gasteiger partial charge in [0.05, 0.1) is 5.69 Å². The minimum absolute atomic E-state index is 0.169. The highest BCUT2D eigenvalue weighted by Gasteiger charge is 2.21. The van der Waals surface area contributed by atoms with Crippen molar-refractivity contribution in [1.29, 1.82) is 0 Å². The number of fused-ring (bicyclic) bond motifs is 2. The van der Waals surface area contributed by atoms with E-state index in [0.29, 0.717) is 37.3 Å². The van der Waals surface area contributed by atoms with Crippen molar-refractivity contribution in [1.82, 2.24) is 10.2 Å².